The van der Waals surface area contributed by atoms with Gasteiger partial charge in [0.2, 0.25) is 0 Å². The number of halogens is 1. The van der Waals surface area contributed by atoms with Crippen molar-refractivity contribution < 1.29 is 0 Å². The van der Waals surface area contributed by atoms with E-state index in [-0.39, 0.29) is 0 Å². The molecule has 1 nitrogen and oxygen atoms in total. The van der Waals surface area contributed by atoms with Gasteiger partial charge in [-0.25, -0.2) is 0 Å². The van der Waals surface area contributed by atoms with Crippen molar-refractivity contribution >= 4 is 15.9 Å². The maximum Gasteiger partial charge on any atom is 0.0299 e. The highest BCUT2D eigenvalue weighted by Crippen LogP contribution is 2.17. The summed E-state index contributed by atoms with van der Waals surface area (Å²) in [6.07, 6.45) is 6.06. The number of aromatic nitrogens is 1. The van der Waals surface area contributed by atoms with Crippen molar-refractivity contribution in [2.24, 2.45) is 5.92 Å². The van der Waals surface area contributed by atoms with E-state index in [0.29, 0.717) is 10.7 Å². The first kappa shape index (κ1) is 10.7. The summed E-state index contributed by atoms with van der Waals surface area (Å²) in [5.41, 5.74) is 1.33. The molecule has 1 heterocycles. The van der Waals surface area contributed by atoms with E-state index in [1.54, 1.807) is 0 Å². The molecule has 0 aliphatic carbocycles. The molecule has 1 unspecified atom stereocenters. The molecular formula is C11H16BrN. The van der Waals surface area contributed by atoms with E-state index in [9.17, 15) is 0 Å². The van der Waals surface area contributed by atoms with Crippen LogP contribution in [0.25, 0.3) is 0 Å². The molecule has 72 valence electrons. The number of aryl methyl sites for hydroxylation is 1. The fourth-order valence-corrected chi connectivity index (χ4v) is 1.41. The van der Waals surface area contributed by atoms with Gasteiger partial charge in [-0.2, -0.15) is 0 Å². The van der Waals surface area contributed by atoms with Gasteiger partial charge in [-0.3, -0.25) is 4.98 Å². The van der Waals surface area contributed by atoms with Crippen molar-refractivity contribution in [2.75, 3.05) is 0 Å². The number of rotatable bonds is 4. The summed E-state index contributed by atoms with van der Waals surface area (Å²) in [5, 5.41) is 0. The third kappa shape index (κ3) is 3.90. The lowest BCUT2D eigenvalue weighted by Gasteiger charge is -2.12. The van der Waals surface area contributed by atoms with Crippen molar-refractivity contribution in [3.63, 3.8) is 0 Å². The van der Waals surface area contributed by atoms with E-state index in [1.807, 2.05) is 18.5 Å². The average molecular weight is 242 g/mol. The van der Waals surface area contributed by atoms with E-state index in [4.69, 9.17) is 0 Å². The Morgan fingerprint density at radius 3 is 2.77 bits per heavy atom. The normalized spacial score (nSPS) is 13.2. The minimum Gasteiger partial charge on any atom is -0.264 e. The van der Waals surface area contributed by atoms with Gasteiger partial charge in [-0.1, -0.05) is 35.8 Å². The van der Waals surface area contributed by atoms with Crippen LogP contribution in [-0.2, 0) is 6.42 Å². The summed E-state index contributed by atoms with van der Waals surface area (Å²) < 4.78 is 0. The Kier molecular flexibility index (Phi) is 4.43. The Balaban J connectivity index is 2.35. The van der Waals surface area contributed by atoms with Gasteiger partial charge in [0.1, 0.15) is 0 Å². The zero-order valence-corrected chi connectivity index (χ0v) is 9.79. The van der Waals surface area contributed by atoms with Gasteiger partial charge < -0.3 is 0 Å². The summed E-state index contributed by atoms with van der Waals surface area (Å²) in [7, 11) is 0. The molecule has 13 heavy (non-hydrogen) atoms. The van der Waals surface area contributed by atoms with Crippen LogP contribution in [0.2, 0.25) is 0 Å². The molecule has 0 aromatic carbocycles. The second kappa shape index (κ2) is 5.38. The molecule has 0 N–H and O–H groups in total. The van der Waals surface area contributed by atoms with Gasteiger partial charge >= 0.3 is 0 Å². The van der Waals surface area contributed by atoms with Crippen LogP contribution in [0.15, 0.2) is 24.5 Å². The van der Waals surface area contributed by atoms with E-state index in [2.05, 4.69) is 40.8 Å². The van der Waals surface area contributed by atoms with E-state index < -0.39 is 0 Å². The van der Waals surface area contributed by atoms with Crippen LogP contribution >= 0.6 is 15.9 Å². The predicted octanol–water partition coefficient (Wildman–Crippen LogP) is 3.43. The standard InChI is InChI=1S/C11H16BrN/c1-9(2)11(12)6-5-10-4-3-7-13-8-10/h3-4,7-9,11H,5-6H2,1-2H3. The first-order valence-electron chi connectivity index (χ1n) is 4.73. The summed E-state index contributed by atoms with van der Waals surface area (Å²) >= 11 is 3.68. The lowest BCUT2D eigenvalue weighted by atomic mass is 10.0. The molecule has 0 amide bonds. The Morgan fingerprint density at radius 1 is 1.46 bits per heavy atom. The summed E-state index contributed by atoms with van der Waals surface area (Å²) in [4.78, 5) is 4.71. The lowest BCUT2D eigenvalue weighted by Crippen LogP contribution is -2.08. The Labute approximate surface area is 88.7 Å². The molecule has 1 rings (SSSR count). The number of hydrogen-bond donors (Lipinski definition) is 0. The van der Waals surface area contributed by atoms with Crippen LogP contribution in [-0.4, -0.2) is 9.81 Å². The highest BCUT2D eigenvalue weighted by Gasteiger charge is 2.08. The molecule has 1 aromatic rings. The molecular weight excluding hydrogens is 226 g/mol. The van der Waals surface area contributed by atoms with Gasteiger partial charge in [0, 0.05) is 17.2 Å². The molecule has 0 aliphatic rings. The molecule has 0 spiro atoms. The smallest absolute Gasteiger partial charge is 0.0299 e. The third-order valence-electron chi connectivity index (χ3n) is 2.15. The second-order valence-electron chi connectivity index (χ2n) is 3.66. The molecule has 1 aromatic heterocycles. The number of nitrogens with zero attached hydrogens (tertiary/aromatic N) is 1. The molecule has 0 saturated carbocycles. The third-order valence-corrected chi connectivity index (χ3v) is 3.67. The van der Waals surface area contributed by atoms with Gasteiger partial charge in [0.25, 0.3) is 0 Å². The molecule has 2 heteroatoms. The Morgan fingerprint density at radius 2 is 2.23 bits per heavy atom. The monoisotopic (exact) mass is 241 g/mol. The van der Waals surface area contributed by atoms with Crippen molar-refractivity contribution in [1.29, 1.82) is 0 Å². The summed E-state index contributed by atoms with van der Waals surface area (Å²) in [6.45, 7) is 4.48. The average Bonchev–Trinajstić information content (AvgIpc) is 2.15. The van der Waals surface area contributed by atoms with Gasteiger partial charge in [0.15, 0.2) is 0 Å². The van der Waals surface area contributed by atoms with Crippen molar-refractivity contribution in [1.82, 2.24) is 4.98 Å². The molecule has 0 radical (unpaired) electrons. The van der Waals surface area contributed by atoms with E-state index in [1.165, 1.54) is 12.0 Å². The van der Waals surface area contributed by atoms with Crippen LogP contribution in [0.1, 0.15) is 25.8 Å². The van der Waals surface area contributed by atoms with Crippen molar-refractivity contribution in [3.8, 4) is 0 Å². The highest BCUT2D eigenvalue weighted by atomic mass is 79.9. The van der Waals surface area contributed by atoms with E-state index in [0.717, 1.165) is 6.42 Å². The quantitative estimate of drug-likeness (QED) is 0.737. The largest absolute Gasteiger partial charge is 0.264 e. The molecule has 0 fully saturated rings. The van der Waals surface area contributed by atoms with Crippen LogP contribution in [0, 0.1) is 5.92 Å². The van der Waals surface area contributed by atoms with Crippen LogP contribution in [0.5, 0.6) is 0 Å². The van der Waals surface area contributed by atoms with Gasteiger partial charge in [-0.05, 0) is 30.4 Å². The number of alkyl halides is 1. The van der Waals surface area contributed by atoms with Crippen LogP contribution in [0.4, 0.5) is 0 Å². The molecule has 0 aliphatic heterocycles. The van der Waals surface area contributed by atoms with Crippen molar-refractivity contribution in [2.45, 2.75) is 31.5 Å². The van der Waals surface area contributed by atoms with E-state index >= 15 is 0 Å². The first-order valence-corrected chi connectivity index (χ1v) is 5.64. The highest BCUT2D eigenvalue weighted by molar-refractivity contribution is 9.09. The molecule has 0 bridgehead atoms. The minimum atomic E-state index is 0.618. The van der Waals surface area contributed by atoms with Crippen LogP contribution in [0.3, 0.4) is 0 Å². The fourth-order valence-electron chi connectivity index (χ4n) is 1.18. The fraction of sp³-hybridized carbons (Fsp3) is 0.545. The van der Waals surface area contributed by atoms with Gasteiger partial charge in [-0.15, -0.1) is 0 Å². The predicted molar refractivity (Wildman–Crippen MR) is 60.1 cm³/mol. The molecule has 0 saturated heterocycles. The zero-order chi connectivity index (χ0) is 9.68. The maximum absolute atomic E-state index is 4.09. The Hall–Kier alpha value is -0.370. The number of hydrogen-bond acceptors (Lipinski definition) is 1. The minimum absolute atomic E-state index is 0.618. The topological polar surface area (TPSA) is 12.9 Å². The van der Waals surface area contributed by atoms with Crippen molar-refractivity contribution in [3.05, 3.63) is 30.1 Å². The SMILES string of the molecule is CC(C)C(Br)CCc1cccnc1. The van der Waals surface area contributed by atoms with Crippen LogP contribution < -0.4 is 0 Å². The van der Waals surface area contributed by atoms with Gasteiger partial charge in [0.05, 0.1) is 0 Å². The zero-order valence-electron chi connectivity index (χ0n) is 8.20. The lowest BCUT2D eigenvalue weighted by molar-refractivity contribution is 0.581. The maximum atomic E-state index is 4.09. The number of pyridine rings is 1. The summed E-state index contributed by atoms with van der Waals surface area (Å²) in [5.74, 6) is 0.705. The summed E-state index contributed by atoms with van der Waals surface area (Å²) in [6, 6.07) is 4.13. The first-order chi connectivity index (χ1) is 6.20. The Bertz CT molecular complexity index is 233. The second-order valence-corrected chi connectivity index (χ2v) is 4.84. The molecule has 1 atom stereocenters.